The summed E-state index contributed by atoms with van der Waals surface area (Å²) >= 11 is 0. The lowest BCUT2D eigenvalue weighted by Gasteiger charge is -2.09. The third kappa shape index (κ3) is 3.48. The number of nitrogens with one attached hydrogen (secondary N) is 1. The maximum atomic E-state index is 3.80. The fraction of sp³-hybridized carbons (Fsp3) is 0.231. The van der Waals surface area contributed by atoms with Gasteiger partial charge in [0.25, 0.3) is 0 Å². The van der Waals surface area contributed by atoms with Crippen molar-refractivity contribution < 1.29 is 0 Å². The minimum atomic E-state index is 1.05. The van der Waals surface area contributed by atoms with E-state index < -0.39 is 0 Å². The summed E-state index contributed by atoms with van der Waals surface area (Å²) in [6.07, 6.45) is 9.66. The van der Waals surface area contributed by atoms with Crippen LogP contribution in [0, 0.1) is 0 Å². The van der Waals surface area contributed by atoms with Gasteiger partial charge in [0.05, 0.1) is 0 Å². The molecule has 1 nitrogen and oxygen atoms in total. The number of allylic oxidation sites excluding steroid dienone is 6. The van der Waals surface area contributed by atoms with Gasteiger partial charge in [-0.15, -0.1) is 0 Å². The van der Waals surface area contributed by atoms with E-state index in [0.29, 0.717) is 0 Å². The number of likely N-dealkylation sites (N-methyl/N-ethyl adjacent to an activating group) is 1. The van der Waals surface area contributed by atoms with Gasteiger partial charge in [0, 0.05) is 12.7 Å². The second-order valence-electron chi connectivity index (χ2n) is 2.86. The van der Waals surface area contributed by atoms with Crippen LogP contribution in [0.25, 0.3) is 0 Å². The summed E-state index contributed by atoms with van der Waals surface area (Å²) in [5, 5.41) is 3.14. The van der Waals surface area contributed by atoms with Gasteiger partial charge in [0.2, 0.25) is 0 Å². The van der Waals surface area contributed by atoms with E-state index in [0.717, 1.165) is 16.8 Å². The van der Waals surface area contributed by atoms with Gasteiger partial charge < -0.3 is 5.32 Å². The van der Waals surface area contributed by atoms with Crippen LogP contribution < -0.4 is 5.32 Å². The lowest BCUT2D eigenvalue weighted by molar-refractivity contribution is 1.01. The van der Waals surface area contributed by atoms with Crippen LogP contribution in [-0.4, -0.2) is 7.05 Å². The zero-order valence-corrected chi connectivity index (χ0v) is 9.30. The van der Waals surface area contributed by atoms with Crippen LogP contribution >= 0.6 is 0 Å². The van der Waals surface area contributed by atoms with Crippen LogP contribution in [-0.2, 0) is 0 Å². The summed E-state index contributed by atoms with van der Waals surface area (Å²) in [4.78, 5) is 0. The van der Waals surface area contributed by atoms with E-state index >= 15 is 0 Å². The van der Waals surface area contributed by atoms with Crippen molar-refractivity contribution in [2.24, 2.45) is 0 Å². The molecule has 0 spiro atoms. The summed E-state index contributed by atoms with van der Waals surface area (Å²) < 4.78 is 0. The maximum Gasteiger partial charge on any atom is 0.0413 e. The summed E-state index contributed by atoms with van der Waals surface area (Å²) in [5.41, 5.74) is 3.25. The van der Waals surface area contributed by atoms with Gasteiger partial charge in [-0.25, -0.2) is 0 Å². The maximum absolute atomic E-state index is 3.80. The molecule has 0 aliphatic heterocycles. The Balaban J connectivity index is 5.18. The molecule has 0 amide bonds. The molecule has 0 rings (SSSR count). The summed E-state index contributed by atoms with van der Waals surface area (Å²) in [5.74, 6) is 0. The molecule has 0 bridgehead atoms. The van der Waals surface area contributed by atoms with Crippen LogP contribution in [0.3, 0.4) is 0 Å². The molecule has 0 saturated heterocycles. The van der Waals surface area contributed by atoms with Crippen LogP contribution in [0.15, 0.2) is 60.4 Å². The minimum Gasteiger partial charge on any atom is -0.388 e. The van der Waals surface area contributed by atoms with Gasteiger partial charge in [-0.3, -0.25) is 0 Å². The first kappa shape index (κ1) is 12.5. The first-order valence-electron chi connectivity index (χ1n) is 4.68. The summed E-state index contributed by atoms with van der Waals surface area (Å²) in [6.45, 7) is 11.6. The van der Waals surface area contributed by atoms with E-state index in [4.69, 9.17) is 0 Å². The molecule has 0 atom stereocenters. The monoisotopic (exact) mass is 189 g/mol. The van der Waals surface area contributed by atoms with E-state index in [9.17, 15) is 0 Å². The second-order valence-corrected chi connectivity index (χ2v) is 2.86. The topological polar surface area (TPSA) is 12.0 Å². The molecule has 0 aromatic rings. The summed E-state index contributed by atoms with van der Waals surface area (Å²) in [7, 11) is 1.90. The molecule has 76 valence electrons. The molecule has 0 heterocycles. The predicted molar refractivity (Wildman–Crippen MR) is 65.1 cm³/mol. The van der Waals surface area contributed by atoms with Crippen molar-refractivity contribution in [3.8, 4) is 0 Å². The molecule has 1 heteroatoms. The van der Waals surface area contributed by atoms with Crippen molar-refractivity contribution in [3.05, 3.63) is 60.4 Å². The highest BCUT2D eigenvalue weighted by Crippen LogP contribution is 2.14. The molecule has 0 saturated carbocycles. The van der Waals surface area contributed by atoms with Gasteiger partial charge in [-0.1, -0.05) is 37.5 Å². The van der Waals surface area contributed by atoms with E-state index in [1.165, 1.54) is 0 Å². The molecule has 14 heavy (non-hydrogen) atoms. The van der Waals surface area contributed by atoms with Crippen molar-refractivity contribution in [2.45, 2.75) is 13.8 Å². The van der Waals surface area contributed by atoms with Gasteiger partial charge in [0.15, 0.2) is 0 Å². The quantitative estimate of drug-likeness (QED) is 0.654. The van der Waals surface area contributed by atoms with Crippen LogP contribution in [0.5, 0.6) is 0 Å². The van der Waals surface area contributed by atoms with E-state index in [-0.39, 0.29) is 0 Å². The van der Waals surface area contributed by atoms with Crippen molar-refractivity contribution in [1.29, 1.82) is 0 Å². The average Bonchev–Trinajstić information content (AvgIpc) is 2.23. The van der Waals surface area contributed by atoms with Crippen molar-refractivity contribution in [1.82, 2.24) is 5.32 Å². The van der Waals surface area contributed by atoms with Crippen molar-refractivity contribution >= 4 is 0 Å². The highest BCUT2D eigenvalue weighted by atomic mass is 14.8. The Morgan fingerprint density at radius 3 is 2.21 bits per heavy atom. The van der Waals surface area contributed by atoms with Gasteiger partial charge in [-0.05, 0) is 31.1 Å². The smallest absolute Gasteiger partial charge is 0.0413 e. The van der Waals surface area contributed by atoms with E-state index in [1.807, 2.05) is 51.3 Å². The highest BCUT2D eigenvalue weighted by Gasteiger charge is 2.00. The standard InChI is InChI=1S/C13H19N/c1-6-9-10-13(14-5)12(8-3)11(4)7-2/h6-10,14H,2-3H2,1,4-5H3/b9-6-,12-11+,13-10-. The largest absolute Gasteiger partial charge is 0.388 e. The van der Waals surface area contributed by atoms with Crippen LogP contribution in [0.2, 0.25) is 0 Å². The fourth-order valence-corrected chi connectivity index (χ4v) is 1.09. The Hall–Kier alpha value is -1.50. The molecule has 0 radical (unpaired) electrons. The zero-order valence-electron chi connectivity index (χ0n) is 9.30. The number of hydrogen-bond donors (Lipinski definition) is 1. The normalized spacial score (nSPS) is 13.8. The molecule has 0 aromatic heterocycles. The number of rotatable bonds is 5. The zero-order chi connectivity index (χ0) is 11.0. The molecule has 1 N–H and O–H groups in total. The average molecular weight is 189 g/mol. The predicted octanol–water partition coefficient (Wildman–Crippen LogP) is 3.35. The third-order valence-electron chi connectivity index (χ3n) is 1.95. The Morgan fingerprint density at radius 2 is 1.86 bits per heavy atom. The molecule has 0 aromatic carbocycles. The summed E-state index contributed by atoms with van der Waals surface area (Å²) in [6, 6.07) is 0. The fourth-order valence-electron chi connectivity index (χ4n) is 1.09. The molecule has 0 aliphatic rings. The van der Waals surface area contributed by atoms with Crippen molar-refractivity contribution in [2.75, 3.05) is 7.05 Å². The second kappa shape index (κ2) is 6.96. The van der Waals surface area contributed by atoms with Crippen molar-refractivity contribution in [3.63, 3.8) is 0 Å². The number of hydrogen-bond acceptors (Lipinski definition) is 1. The SMILES string of the molecule is C=C/C(C)=C(C=C)/C(=C/C=C\C)NC. The molecular formula is C13H19N. The third-order valence-corrected chi connectivity index (χ3v) is 1.95. The molecule has 0 unspecified atom stereocenters. The Morgan fingerprint density at radius 1 is 1.21 bits per heavy atom. The lowest BCUT2D eigenvalue weighted by Crippen LogP contribution is -2.08. The Kier molecular flexibility index (Phi) is 6.21. The van der Waals surface area contributed by atoms with E-state index in [1.54, 1.807) is 0 Å². The van der Waals surface area contributed by atoms with Crippen LogP contribution in [0.1, 0.15) is 13.8 Å². The molecule has 0 fully saturated rings. The first-order valence-corrected chi connectivity index (χ1v) is 4.68. The van der Waals surface area contributed by atoms with Crippen LogP contribution in [0.4, 0.5) is 0 Å². The van der Waals surface area contributed by atoms with Gasteiger partial charge >= 0.3 is 0 Å². The molecular weight excluding hydrogens is 170 g/mol. The molecule has 0 aliphatic carbocycles. The van der Waals surface area contributed by atoms with Gasteiger partial charge in [0.1, 0.15) is 0 Å². The Bertz CT molecular complexity index is 290. The Labute approximate surface area is 87.2 Å². The first-order chi connectivity index (χ1) is 6.71. The van der Waals surface area contributed by atoms with Gasteiger partial charge in [-0.2, -0.15) is 0 Å². The lowest BCUT2D eigenvalue weighted by atomic mass is 10.1. The minimum absolute atomic E-state index is 1.05. The highest BCUT2D eigenvalue weighted by molar-refractivity contribution is 5.45. The van der Waals surface area contributed by atoms with E-state index in [2.05, 4.69) is 18.5 Å².